The van der Waals surface area contributed by atoms with E-state index in [-0.39, 0.29) is 0 Å². The Balaban J connectivity index is 1.31. The molecule has 4 heteroatoms. The van der Waals surface area contributed by atoms with Gasteiger partial charge in [-0.3, -0.25) is 4.90 Å². The molecule has 0 saturated carbocycles. The Morgan fingerprint density at radius 2 is 1.65 bits per heavy atom. The third-order valence-corrected chi connectivity index (χ3v) is 5.35. The predicted octanol–water partition coefficient (Wildman–Crippen LogP) is 3.99. The summed E-state index contributed by atoms with van der Waals surface area (Å²) in [5, 5.41) is 1.32. The Kier molecular flexibility index (Phi) is 4.85. The fourth-order valence-electron chi connectivity index (χ4n) is 3.86. The zero-order valence-corrected chi connectivity index (χ0v) is 15.7. The zero-order chi connectivity index (χ0) is 17.9. The van der Waals surface area contributed by atoms with Crippen LogP contribution >= 0.6 is 0 Å². The van der Waals surface area contributed by atoms with E-state index in [4.69, 9.17) is 4.74 Å². The lowest BCUT2D eigenvalue weighted by molar-refractivity contribution is 0.199. The lowest BCUT2D eigenvalue weighted by atomic mass is 10.1. The molecule has 0 amide bonds. The molecular formula is C22H27N3O. The maximum atomic E-state index is 6.07. The molecule has 0 unspecified atom stereocenters. The number of hydrogen-bond donors (Lipinski definition) is 1. The van der Waals surface area contributed by atoms with Gasteiger partial charge >= 0.3 is 0 Å². The van der Waals surface area contributed by atoms with E-state index in [2.05, 4.69) is 71.1 Å². The second-order valence-corrected chi connectivity index (χ2v) is 7.11. The van der Waals surface area contributed by atoms with E-state index in [1.807, 2.05) is 6.20 Å². The maximum Gasteiger partial charge on any atom is 0.125 e. The number of ether oxygens (including phenoxy) is 1. The number of anilines is 1. The van der Waals surface area contributed by atoms with Gasteiger partial charge in [-0.25, -0.2) is 0 Å². The minimum absolute atomic E-state index is 0.749. The number of piperazine rings is 1. The van der Waals surface area contributed by atoms with Crippen LogP contribution in [-0.2, 0) is 0 Å². The first-order valence-electron chi connectivity index (χ1n) is 9.45. The highest BCUT2D eigenvalue weighted by Crippen LogP contribution is 2.27. The van der Waals surface area contributed by atoms with Crippen molar-refractivity contribution >= 4 is 16.6 Å². The molecule has 0 aliphatic carbocycles. The van der Waals surface area contributed by atoms with Gasteiger partial charge in [-0.1, -0.05) is 24.3 Å². The van der Waals surface area contributed by atoms with E-state index in [1.54, 1.807) is 0 Å². The van der Waals surface area contributed by atoms with Crippen LogP contribution in [0.1, 0.15) is 11.1 Å². The van der Waals surface area contributed by atoms with Crippen molar-refractivity contribution < 1.29 is 4.74 Å². The number of para-hydroxylation sites is 1. The first-order valence-corrected chi connectivity index (χ1v) is 9.45. The number of fused-ring (bicyclic) bond motifs is 1. The Hall–Kier alpha value is -2.46. The van der Waals surface area contributed by atoms with E-state index in [0.717, 1.165) is 45.1 Å². The number of aryl methyl sites for hydroxylation is 2. The van der Waals surface area contributed by atoms with Crippen LogP contribution < -0.4 is 9.64 Å². The van der Waals surface area contributed by atoms with Gasteiger partial charge in [-0.2, -0.15) is 0 Å². The third kappa shape index (κ3) is 3.42. The molecule has 1 aliphatic rings. The number of aromatic nitrogens is 1. The van der Waals surface area contributed by atoms with Gasteiger partial charge in [0.25, 0.3) is 0 Å². The molecule has 0 spiro atoms. The molecule has 0 atom stereocenters. The van der Waals surface area contributed by atoms with Crippen LogP contribution in [0, 0.1) is 13.8 Å². The summed E-state index contributed by atoms with van der Waals surface area (Å²) in [6, 6.07) is 15.0. The lowest BCUT2D eigenvalue weighted by Gasteiger charge is -2.36. The van der Waals surface area contributed by atoms with Crippen molar-refractivity contribution in [1.29, 1.82) is 0 Å². The van der Waals surface area contributed by atoms with E-state index in [0.29, 0.717) is 0 Å². The minimum Gasteiger partial charge on any atom is -0.492 e. The molecule has 1 aliphatic heterocycles. The summed E-state index contributed by atoms with van der Waals surface area (Å²) >= 11 is 0. The largest absolute Gasteiger partial charge is 0.492 e. The zero-order valence-electron chi connectivity index (χ0n) is 15.7. The van der Waals surface area contributed by atoms with Crippen molar-refractivity contribution in [3.8, 4) is 5.75 Å². The van der Waals surface area contributed by atoms with Crippen molar-refractivity contribution in [1.82, 2.24) is 9.88 Å². The van der Waals surface area contributed by atoms with Crippen LogP contribution in [0.4, 0.5) is 5.69 Å². The SMILES string of the molecule is Cc1cccc(C)c1OCCN1CCN(c2cccc3[nH]ccc23)CC1. The summed E-state index contributed by atoms with van der Waals surface area (Å²) in [7, 11) is 0. The van der Waals surface area contributed by atoms with Crippen LogP contribution in [-0.4, -0.2) is 49.2 Å². The minimum atomic E-state index is 0.749. The number of H-pyrrole nitrogens is 1. The normalized spacial score (nSPS) is 15.5. The van der Waals surface area contributed by atoms with Crippen LogP contribution in [0.3, 0.4) is 0 Å². The topological polar surface area (TPSA) is 31.5 Å². The third-order valence-electron chi connectivity index (χ3n) is 5.35. The molecule has 3 aromatic rings. The van der Waals surface area contributed by atoms with Crippen molar-refractivity contribution in [2.75, 3.05) is 44.2 Å². The second-order valence-electron chi connectivity index (χ2n) is 7.11. The average molecular weight is 349 g/mol. The van der Waals surface area contributed by atoms with E-state index in [9.17, 15) is 0 Å². The molecule has 136 valence electrons. The Morgan fingerprint density at radius 3 is 2.42 bits per heavy atom. The fourth-order valence-corrected chi connectivity index (χ4v) is 3.86. The summed E-state index contributed by atoms with van der Waals surface area (Å²) in [4.78, 5) is 8.31. The molecule has 0 bridgehead atoms. The van der Waals surface area contributed by atoms with E-state index < -0.39 is 0 Å². The van der Waals surface area contributed by atoms with Gasteiger partial charge in [0, 0.05) is 55.5 Å². The summed E-state index contributed by atoms with van der Waals surface area (Å²) in [5.41, 5.74) is 4.99. The second kappa shape index (κ2) is 7.42. The Bertz CT molecular complexity index is 858. The number of rotatable bonds is 5. The van der Waals surface area contributed by atoms with Crippen molar-refractivity contribution in [3.63, 3.8) is 0 Å². The molecule has 4 rings (SSSR count). The van der Waals surface area contributed by atoms with E-state index in [1.165, 1.54) is 27.7 Å². The maximum absolute atomic E-state index is 6.07. The average Bonchev–Trinajstić information content (AvgIpc) is 3.13. The molecule has 2 aromatic carbocycles. The van der Waals surface area contributed by atoms with E-state index >= 15 is 0 Å². The van der Waals surface area contributed by atoms with Crippen molar-refractivity contribution in [3.05, 3.63) is 59.8 Å². The number of nitrogens with one attached hydrogen (secondary N) is 1. The summed E-state index contributed by atoms with van der Waals surface area (Å²) in [6.07, 6.45) is 2.02. The fraction of sp³-hybridized carbons (Fsp3) is 0.364. The number of nitrogens with zero attached hydrogens (tertiary/aromatic N) is 2. The van der Waals surface area contributed by atoms with Crippen LogP contribution in [0.25, 0.3) is 10.9 Å². The predicted molar refractivity (Wildman–Crippen MR) is 108 cm³/mol. The molecule has 2 heterocycles. The van der Waals surface area contributed by atoms with Gasteiger partial charge in [0.15, 0.2) is 0 Å². The molecular weight excluding hydrogens is 322 g/mol. The molecule has 1 N–H and O–H groups in total. The first kappa shape index (κ1) is 17.0. The van der Waals surface area contributed by atoms with Gasteiger partial charge in [-0.15, -0.1) is 0 Å². The Morgan fingerprint density at radius 1 is 0.923 bits per heavy atom. The highest BCUT2D eigenvalue weighted by atomic mass is 16.5. The van der Waals surface area contributed by atoms with Gasteiger partial charge in [-0.05, 0) is 43.2 Å². The lowest BCUT2D eigenvalue weighted by Crippen LogP contribution is -2.47. The number of benzene rings is 2. The molecule has 1 aromatic heterocycles. The number of aromatic amines is 1. The van der Waals surface area contributed by atoms with Gasteiger partial charge in [0.05, 0.1) is 0 Å². The number of hydrogen-bond acceptors (Lipinski definition) is 3. The monoisotopic (exact) mass is 349 g/mol. The highest BCUT2D eigenvalue weighted by Gasteiger charge is 2.18. The summed E-state index contributed by atoms with van der Waals surface area (Å²) in [5.74, 6) is 1.05. The van der Waals surface area contributed by atoms with Crippen molar-refractivity contribution in [2.45, 2.75) is 13.8 Å². The quantitative estimate of drug-likeness (QED) is 0.756. The molecule has 4 nitrogen and oxygen atoms in total. The smallest absolute Gasteiger partial charge is 0.125 e. The molecule has 0 radical (unpaired) electrons. The van der Waals surface area contributed by atoms with Crippen LogP contribution in [0.5, 0.6) is 5.75 Å². The van der Waals surface area contributed by atoms with Crippen molar-refractivity contribution in [2.24, 2.45) is 0 Å². The van der Waals surface area contributed by atoms with Gasteiger partial charge in [0.1, 0.15) is 12.4 Å². The van der Waals surface area contributed by atoms with Gasteiger partial charge in [0.2, 0.25) is 0 Å². The van der Waals surface area contributed by atoms with Crippen LogP contribution in [0.15, 0.2) is 48.7 Å². The summed E-state index contributed by atoms with van der Waals surface area (Å²) < 4.78 is 6.07. The molecule has 26 heavy (non-hydrogen) atoms. The molecule has 1 fully saturated rings. The Labute approximate surface area is 155 Å². The first-order chi connectivity index (χ1) is 12.7. The van der Waals surface area contributed by atoms with Crippen LogP contribution in [0.2, 0.25) is 0 Å². The highest BCUT2D eigenvalue weighted by molar-refractivity contribution is 5.92. The summed E-state index contributed by atoms with van der Waals surface area (Å²) in [6.45, 7) is 10.2. The standard InChI is InChI=1S/C22H27N3O/c1-17-5-3-6-18(2)22(17)26-16-15-24-11-13-25(14-12-24)21-8-4-7-20-19(21)9-10-23-20/h3-10,23H,11-16H2,1-2H3. The van der Waals surface area contributed by atoms with Gasteiger partial charge < -0.3 is 14.6 Å². The molecule has 1 saturated heterocycles.